The van der Waals surface area contributed by atoms with E-state index >= 15 is 0 Å². The first-order valence-corrected chi connectivity index (χ1v) is 11.2. The van der Waals surface area contributed by atoms with Gasteiger partial charge in [-0.1, -0.05) is 48.5 Å². The van der Waals surface area contributed by atoms with Crippen LogP contribution >= 0.6 is 0 Å². The minimum absolute atomic E-state index is 0.0788. The lowest BCUT2D eigenvalue weighted by Gasteiger charge is -2.23. The van der Waals surface area contributed by atoms with Gasteiger partial charge in [-0.2, -0.15) is 0 Å². The molecule has 1 aromatic heterocycles. The normalized spacial score (nSPS) is 14.9. The summed E-state index contributed by atoms with van der Waals surface area (Å²) in [4.78, 5) is 17.6. The quantitative estimate of drug-likeness (QED) is 0.413. The highest BCUT2D eigenvalue weighted by Crippen LogP contribution is 2.40. The van der Waals surface area contributed by atoms with Crippen LogP contribution < -0.4 is 14.8 Å². The van der Waals surface area contributed by atoms with Gasteiger partial charge in [-0.05, 0) is 66.9 Å². The van der Waals surface area contributed by atoms with Crippen LogP contribution in [0.15, 0.2) is 84.9 Å². The van der Waals surface area contributed by atoms with Gasteiger partial charge >= 0.3 is 0 Å². The van der Waals surface area contributed by atoms with Crippen LogP contribution in [0.3, 0.4) is 0 Å². The lowest BCUT2D eigenvalue weighted by molar-refractivity contribution is -0.115. The highest BCUT2D eigenvalue weighted by Gasteiger charge is 2.38. The molecule has 170 valence electrons. The van der Waals surface area contributed by atoms with E-state index in [1.165, 1.54) is 0 Å². The first-order chi connectivity index (χ1) is 16.4. The largest absolute Gasteiger partial charge is 0.497 e. The summed E-state index contributed by atoms with van der Waals surface area (Å²) in [6, 6.07) is 27.5. The smallest absolute Gasteiger partial charge is 0.252 e. The van der Waals surface area contributed by atoms with E-state index in [0.29, 0.717) is 12.2 Å². The van der Waals surface area contributed by atoms with Crippen LogP contribution in [0.25, 0.3) is 22.0 Å². The molecule has 3 aromatic carbocycles. The Morgan fingerprint density at radius 2 is 1.50 bits per heavy atom. The van der Waals surface area contributed by atoms with Crippen molar-refractivity contribution in [2.24, 2.45) is 0 Å². The van der Waals surface area contributed by atoms with Gasteiger partial charge in [0.2, 0.25) is 0 Å². The molecule has 0 spiro atoms. The van der Waals surface area contributed by atoms with Gasteiger partial charge in [0.25, 0.3) is 5.91 Å². The average molecular weight is 451 g/mol. The third-order valence-electron chi connectivity index (χ3n) is 6.09. The van der Waals surface area contributed by atoms with Gasteiger partial charge in [-0.15, -0.1) is 0 Å². The summed E-state index contributed by atoms with van der Waals surface area (Å²) >= 11 is 0. The van der Waals surface area contributed by atoms with Crippen LogP contribution in [0.5, 0.6) is 11.5 Å². The van der Waals surface area contributed by atoms with Crippen molar-refractivity contribution in [3.8, 4) is 11.5 Å². The highest BCUT2D eigenvalue weighted by atomic mass is 16.5. The number of carbonyl (C=O) groups is 1. The van der Waals surface area contributed by atoms with Gasteiger partial charge in [-0.25, -0.2) is 4.98 Å². The summed E-state index contributed by atoms with van der Waals surface area (Å²) < 4.78 is 11.3. The zero-order valence-electron chi connectivity index (χ0n) is 19.5. The SMILES string of the molecule is COc1ccc(C2=C(c3ccc(OCc4ccc5ccccc5n4)cc3)C(=O)NC2(C)C)cc1. The van der Waals surface area contributed by atoms with Gasteiger partial charge in [0.05, 0.1) is 29.4 Å². The molecule has 1 N–H and O–H groups in total. The molecule has 1 aliphatic heterocycles. The van der Waals surface area contributed by atoms with E-state index in [2.05, 4.69) is 16.4 Å². The minimum Gasteiger partial charge on any atom is -0.497 e. The van der Waals surface area contributed by atoms with E-state index in [0.717, 1.165) is 44.8 Å². The molecule has 34 heavy (non-hydrogen) atoms. The number of aromatic nitrogens is 1. The summed E-state index contributed by atoms with van der Waals surface area (Å²) in [6.45, 7) is 4.41. The number of hydrogen-bond acceptors (Lipinski definition) is 4. The van der Waals surface area contributed by atoms with E-state index in [-0.39, 0.29) is 5.91 Å². The monoisotopic (exact) mass is 450 g/mol. The molecule has 0 saturated heterocycles. The van der Waals surface area contributed by atoms with Crippen LogP contribution in [-0.4, -0.2) is 23.5 Å². The number of pyridine rings is 1. The molecule has 1 aliphatic rings. The van der Waals surface area contributed by atoms with Gasteiger partial charge in [0, 0.05) is 5.39 Å². The Morgan fingerprint density at radius 1 is 0.824 bits per heavy atom. The van der Waals surface area contributed by atoms with Crippen LogP contribution in [-0.2, 0) is 11.4 Å². The molecule has 0 atom stereocenters. The second-order valence-electron chi connectivity index (χ2n) is 8.87. The molecular weight excluding hydrogens is 424 g/mol. The first-order valence-electron chi connectivity index (χ1n) is 11.2. The van der Waals surface area contributed by atoms with Crippen molar-refractivity contribution in [3.05, 3.63) is 102 Å². The average Bonchev–Trinajstić information content (AvgIpc) is 3.10. The van der Waals surface area contributed by atoms with Crippen molar-refractivity contribution in [2.45, 2.75) is 26.0 Å². The topological polar surface area (TPSA) is 60.5 Å². The minimum atomic E-state index is -0.488. The fourth-order valence-corrected chi connectivity index (χ4v) is 4.44. The molecule has 5 rings (SSSR count). The number of hydrogen-bond donors (Lipinski definition) is 1. The molecular formula is C29H26N2O3. The highest BCUT2D eigenvalue weighted by molar-refractivity contribution is 6.31. The third kappa shape index (κ3) is 4.13. The standard InChI is InChI=1S/C29H26N2O3/c1-29(2)27(21-11-14-23(33-3)15-12-21)26(28(32)31-29)20-9-16-24(17-10-20)34-18-22-13-8-19-6-4-5-7-25(19)30-22/h4-17H,18H2,1-3H3,(H,31,32). The van der Waals surface area contributed by atoms with Crippen LogP contribution in [0.4, 0.5) is 0 Å². The zero-order chi connectivity index (χ0) is 23.7. The number of carbonyl (C=O) groups excluding carboxylic acids is 1. The van der Waals surface area contributed by atoms with E-state index in [9.17, 15) is 4.79 Å². The van der Waals surface area contributed by atoms with Crippen molar-refractivity contribution < 1.29 is 14.3 Å². The number of para-hydroxylation sites is 1. The summed E-state index contributed by atoms with van der Waals surface area (Å²) in [5.74, 6) is 1.43. The molecule has 0 fully saturated rings. The predicted molar refractivity (Wildman–Crippen MR) is 135 cm³/mol. The molecule has 4 aromatic rings. The molecule has 1 amide bonds. The van der Waals surface area contributed by atoms with Crippen molar-refractivity contribution in [2.75, 3.05) is 7.11 Å². The van der Waals surface area contributed by atoms with Gasteiger partial charge in [0.15, 0.2) is 0 Å². The number of rotatable bonds is 6. The Morgan fingerprint density at radius 3 is 2.24 bits per heavy atom. The maximum absolute atomic E-state index is 13.0. The second kappa shape index (κ2) is 8.67. The zero-order valence-corrected chi connectivity index (χ0v) is 19.5. The predicted octanol–water partition coefficient (Wildman–Crippen LogP) is 5.64. The Kier molecular flexibility index (Phi) is 5.54. The van der Waals surface area contributed by atoms with E-state index < -0.39 is 5.54 Å². The Hall–Kier alpha value is -4.12. The van der Waals surface area contributed by atoms with Gasteiger partial charge in [-0.3, -0.25) is 4.79 Å². The Balaban J connectivity index is 1.40. The van der Waals surface area contributed by atoms with Gasteiger partial charge < -0.3 is 14.8 Å². The maximum Gasteiger partial charge on any atom is 0.252 e. The Bertz CT molecular complexity index is 1390. The molecule has 5 nitrogen and oxygen atoms in total. The molecule has 0 bridgehead atoms. The lowest BCUT2D eigenvalue weighted by Crippen LogP contribution is -2.37. The summed E-state index contributed by atoms with van der Waals surface area (Å²) in [5.41, 5.74) is 4.81. The number of methoxy groups -OCH3 is 1. The van der Waals surface area contributed by atoms with Crippen LogP contribution in [0, 0.1) is 0 Å². The summed E-state index contributed by atoms with van der Waals surface area (Å²) in [7, 11) is 1.64. The summed E-state index contributed by atoms with van der Waals surface area (Å²) in [6.07, 6.45) is 0. The van der Waals surface area contributed by atoms with E-state index in [1.807, 2.05) is 92.7 Å². The van der Waals surface area contributed by atoms with E-state index in [1.54, 1.807) is 7.11 Å². The van der Waals surface area contributed by atoms with Crippen molar-refractivity contribution in [1.82, 2.24) is 10.3 Å². The summed E-state index contributed by atoms with van der Waals surface area (Å²) in [5, 5.41) is 4.22. The second-order valence-corrected chi connectivity index (χ2v) is 8.87. The fourth-order valence-electron chi connectivity index (χ4n) is 4.44. The number of nitrogens with one attached hydrogen (secondary N) is 1. The van der Waals surface area contributed by atoms with E-state index in [4.69, 9.17) is 9.47 Å². The van der Waals surface area contributed by atoms with Crippen molar-refractivity contribution in [3.63, 3.8) is 0 Å². The van der Waals surface area contributed by atoms with Gasteiger partial charge in [0.1, 0.15) is 18.1 Å². The number of fused-ring (bicyclic) bond motifs is 1. The molecule has 0 radical (unpaired) electrons. The molecule has 0 saturated carbocycles. The van der Waals surface area contributed by atoms with Crippen LogP contribution in [0.2, 0.25) is 0 Å². The van der Waals surface area contributed by atoms with Crippen molar-refractivity contribution >= 4 is 28.0 Å². The fraction of sp³-hybridized carbons (Fsp3) is 0.172. The van der Waals surface area contributed by atoms with Crippen LogP contribution in [0.1, 0.15) is 30.7 Å². The molecule has 0 unspecified atom stereocenters. The van der Waals surface area contributed by atoms with Crippen molar-refractivity contribution in [1.29, 1.82) is 0 Å². The molecule has 0 aliphatic carbocycles. The third-order valence-corrected chi connectivity index (χ3v) is 6.09. The molecule has 5 heteroatoms. The molecule has 2 heterocycles. The lowest BCUT2D eigenvalue weighted by atomic mass is 9.86. The number of ether oxygens (including phenoxy) is 2. The number of benzene rings is 3. The first kappa shape index (κ1) is 21.7. The number of nitrogens with zero attached hydrogens (tertiary/aromatic N) is 1. The Labute approximate surface area is 199 Å². The maximum atomic E-state index is 13.0. The number of amides is 1.